The second-order valence-electron chi connectivity index (χ2n) is 6.28. The molecule has 1 amide bonds. The van der Waals surface area contributed by atoms with E-state index in [2.05, 4.69) is 10.3 Å². The Morgan fingerprint density at radius 2 is 1.89 bits per heavy atom. The molecule has 0 saturated heterocycles. The maximum absolute atomic E-state index is 12.6. The minimum atomic E-state index is -3.24. The summed E-state index contributed by atoms with van der Waals surface area (Å²) in [5.41, 5.74) is 1.72. The highest BCUT2D eigenvalue weighted by molar-refractivity contribution is 7.90. The predicted octanol–water partition coefficient (Wildman–Crippen LogP) is 3.61. The molecule has 1 aromatic carbocycles. The first-order valence-electron chi connectivity index (χ1n) is 8.42. The number of pyridine rings is 1. The fraction of sp³-hybridized carbons (Fsp3) is 0.200. The zero-order valence-electron chi connectivity index (χ0n) is 15.2. The van der Waals surface area contributed by atoms with Crippen LogP contribution in [-0.4, -0.2) is 25.6 Å². The molecule has 1 N–H and O–H groups in total. The van der Waals surface area contributed by atoms with Gasteiger partial charge in [-0.1, -0.05) is 24.3 Å². The van der Waals surface area contributed by atoms with E-state index < -0.39 is 9.84 Å². The molecule has 0 aliphatic carbocycles. The average molecular weight is 437 g/mol. The molecule has 0 aliphatic rings. The van der Waals surface area contributed by atoms with E-state index in [-0.39, 0.29) is 35.7 Å². The molecule has 3 aromatic rings. The van der Waals surface area contributed by atoms with Gasteiger partial charge in [0.15, 0.2) is 9.84 Å². The van der Waals surface area contributed by atoms with E-state index in [1.165, 1.54) is 17.0 Å². The lowest BCUT2D eigenvalue weighted by molar-refractivity contribution is -0.121. The summed E-state index contributed by atoms with van der Waals surface area (Å²) < 4.78 is 23.1. The van der Waals surface area contributed by atoms with Gasteiger partial charge in [-0.3, -0.25) is 9.78 Å². The largest absolute Gasteiger partial charge is 0.349 e. The molecule has 28 heavy (non-hydrogen) atoms. The molecule has 2 heterocycles. The number of rotatable bonds is 7. The number of hydrogen-bond acceptors (Lipinski definition) is 5. The van der Waals surface area contributed by atoms with Gasteiger partial charge in [0.2, 0.25) is 5.91 Å². The minimum absolute atomic E-state index is 0. The van der Waals surface area contributed by atoms with Crippen LogP contribution in [0, 0.1) is 0 Å². The Hall–Kier alpha value is -2.22. The van der Waals surface area contributed by atoms with Crippen LogP contribution in [0.1, 0.15) is 22.0 Å². The lowest BCUT2D eigenvalue weighted by Gasteiger charge is -2.18. The number of thiophene rings is 1. The van der Waals surface area contributed by atoms with Gasteiger partial charge in [0.1, 0.15) is 0 Å². The van der Waals surface area contributed by atoms with Crippen LogP contribution >= 0.6 is 23.7 Å². The molecule has 0 fully saturated rings. The van der Waals surface area contributed by atoms with Crippen LogP contribution in [0.2, 0.25) is 0 Å². The summed E-state index contributed by atoms with van der Waals surface area (Å²) in [7, 11) is -3.24. The smallest absolute Gasteiger partial charge is 0.224 e. The molecule has 2 aromatic heterocycles. The summed E-state index contributed by atoms with van der Waals surface area (Å²) in [6, 6.07) is 14.1. The summed E-state index contributed by atoms with van der Waals surface area (Å²) in [5, 5.41) is 5.09. The SMILES string of the molecule is CS(=O)(=O)c1ccc(CC(=O)NC(Cc2cccs2)c2cccnc2)cc1.Cl. The number of halogens is 1. The van der Waals surface area contributed by atoms with Gasteiger partial charge in [0.25, 0.3) is 0 Å². The van der Waals surface area contributed by atoms with Crippen LogP contribution in [0.4, 0.5) is 0 Å². The Morgan fingerprint density at radius 1 is 1.14 bits per heavy atom. The maximum atomic E-state index is 12.6. The highest BCUT2D eigenvalue weighted by Gasteiger charge is 2.17. The highest BCUT2D eigenvalue weighted by atomic mass is 35.5. The fourth-order valence-corrected chi connectivity index (χ4v) is 4.13. The van der Waals surface area contributed by atoms with Crippen molar-refractivity contribution < 1.29 is 13.2 Å². The van der Waals surface area contributed by atoms with E-state index in [9.17, 15) is 13.2 Å². The Morgan fingerprint density at radius 3 is 2.46 bits per heavy atom. The fourth-order valence-electron chi connectivity index (χ4n) is 2.75. The first-order chi connectivity index (χ1) is 12.9. The lowest BCUT2D eigenvalue weighted by atomic mass is 10.0. The first-order valence-corrected chi connectivity index (χ1v) is 11.2. The molecular weight excluding hydrogens is 416 g/mol. The molecule has 0 radical (unpaired) electrons. The standard InChI is InChI=1S/C20H20N2O3S2.ClH/c1-27(24,25)18-8-6-15(7-9-18)12-20(23)22-19(13-17-5-3-11-26-17)16-4-2-10-21-14-16;/h2-11,14,19H,12-13H2,1H3,(H,22,23);1H. The molecular formula is C20H21ClN2O3S2. The van der Waals surface area contributed by atoms with E-state index in [1.807, 2.05) is 29.6 Å². The highest BCUT2D eigenvalue weighted by Crippen LogP contribution is 2.21. The average Bonchev–Trinajstić information content (AvgIpc) is 3.15. The molecule has 148 valence electrons. The molecule has 1 unspecified atom stereocenters. The molecule has 3 rings (SSSR count). The number of hydrogen-bond donors (Lipinski definition) is 1. The van der Waals surface area contributed by atoms with Gasteiger partial charge < -0.3 is 5.32 Å². The molecule has 0 saturated carbocycles. The van der Waals surface area contributed by atoms with Crippen molar-refractivity contribution in [3.8, 4) is 0 Å². The van der Waals surface area contributed by atoms with Crippen LogP contribution in [0.25, 0.3) is 0 Å². The number of amides is 1. The van der Waals surface area contributed by atoms with Crippen LogP contribution in [0.15, 0.2) is 71.2 Å². The van der Waals surface area contributed by atoms with E-state index in [1.54, 1.807) is 35.9 Å². The van der Waals surface area contributed by atoms with E-state index in [0.29, 0.717) is 6.42 Å². The maximum Gasteiger partial charge on any atom is 0.224 e. The first kappa shape index (κ1) is 22.1. The van der Waals surface area contributed by atoms with Gasteiger partial charge in [-0.05, 0) is 40.8 Å². The lowest BCUT2D eigenvalue weighted by Crippen LogP contribution is -2.31. The zero-order valence-corrected chi connectivity index (χ0v) is 17.7. The number of sulfone groups is 1. The third-order valence-corrected chi connectivity index (χ3v) is 6.15. The monoisotopic (exact) mass is 436 g/mol. The zero-order chi connectivity index (χ0) is 19.3. The molecule has 1 atom stereocenters. The van der Waals surface area contributed by atoms with Gasteiger partial charge in [-0.2, -0.15) is 0 Å². The molecule has 8 heteroatoms. The number of aromatic nitrogens is 1. The van der Waals surface area contributed by atoms with Crippen molar-refractivity contribution in [1.82, 2.24) is 10.3 Å². The Bertz CT molecular complexity index is 990. The van der Waals surface area contributed by atoms with Crippen molar-refractivity contribution in [2.45, 2.75) is 23.8 Å². The Balaban J connectivity index is 0.00000280. The van der Waals surface area contributed by atoms with E-state index >= 15 is 0 Å². The molecule has 5 nitrogen and oxygen atoms in total. The minimum Gasteiger partial charge on any atom is -0.349 e. The number of carbonyl (C=O) groups is 1. The second kappa shape index (κ2) is 9.82. The van der Waals surface area contributed by atoms with Crippen molar-refractivity contribution in [1.29, 1.82) is 0 Å². The van der Waals surface area contributed by atoms with Gasteiger partial charge in [-0.25, -0.2) is 8.42 Å². The third kappa shape index (κ3) is 6.15. The topological polar surface area (TPSA) is 76.1 Å². The van der Waals surface area contributed by atoms with Gasteiger partial charge in [0.05, 0.1) is 17.4 Å². The summed E-state index contributed by atoms with van der Waals surface area (Å²) >= 11 is 1.65. The number of nitrogens with zero attached hydrogens (tertiary/aromatic N) is 1. The van der Waals surface area contributed by atoms with Crippen molar-refractivity contribution >= 4 is 39.5 Å². The number of nitrogens with one attached hydrogen (secondary N) is 1. The molecule has 0 bridgehead atoms. The molecule has 0 spiro atoms. The van der Waals surface area contributed by atoms with Crippen LogP contribution in [0.3, 0.4) is 0 Å². The van der Waals surface area contributed by atoms with Crippen molar-refractivity contribution in [2.24, 2.45) is 0 Å². The van der Waals surface area contributed by atoms with Gasteiger partial charge in [0, 0.05) is 29.9 Å². The van der Waals surface area contributed by atoms with Gasteiger partial charge >= 0.3 is 0 Å². The van der Waals surface area contributed by atoms with Crippen molar-refractivity contribution in [2.75, 3.05) is 6.26 Å². The summed E-state index contributed by atoms with van der Waals surface area (Å²) in [6.45, 7) is 0. The quantitative estimate of drug-likeness (QED) is 0.613. The van der Waals surface area contributed by atoms with E-state index in [0.717, 1.165) is 17.4 Å². The van der Waals surface area contributed by atoms with Crippen LogP contribution in [0.5, 0.6) is 0 Å². The van der Waals surface area contributed by atoms with Crippen LogP contribution < -0.4 is 5.32 Å². The second-order valence-corrected chi connectivity index (χ2v) is 9.33. The summed E-state index contributed by atoms with van der Waals surface area (Å²) in [4.78, 5) is 18.1. The Labute approximate surface area is 175 Å². The number of carbonyl (C=O) groups excluding carboxylic acids is 1. The normalized spacial score (nSPS) is 12.0. The summed E-state index contributed by atoms with van der Waals surface area (Å²) in [6.07, 6.45) is 5.52. The van der Waals surface area contributed by atoms with Crippen LogP contribution in [-0.2, 0) is 27.5 Å². The predicted molar refractivity (Wildman–Crippen MR) is 114 cm³/mol. The molecule has 0 aliphatic heterocycles. The van der Waals surface area contributed by atoms with Crippen molar-refractivity contribution in [3.05, 3.63) is 82.3 Å². The third-order valence-electron chi connectivity index (χ3n) is 4.12. The summed E-state index contributed by atoms with van der Waals surface area (Å²) in [5.74, 6) is -0.118. The number of benzene rings is 1. The Kier molecular flexibility index (Phi) is 7.74. The van der Waals surface area contributed by atoms with Gasteiger partial charge in [-0.15, -0.1) is 23.7 Å². The van der Waals surface area contributed by atoms with E-state index in [4.69, 9.17) is 0 Å². The van der Waals surface area contributed by atoms with Crippen molar-refractivity contribution in [3.63, 3.8) is 0 Å².